The maximum Gasteiger partial charge on any atom is 0.139 e. The Morgan fingerprint density at radius 2 is 0.765 bits per heavy atom. The van der Waals surface area contributed by atoms with Gasteiger partial charge in [-0.2, -0.15) is 0 Å². The lowest BCUT2D eigenvalue weighted by Gasteiger charge is -2.18. The van der Waals surface area contributed by atoms with E-state index in [-0.39, 0.29) is 0 Å². The normalized spacial score (nSPS) is 11.1. The molecule has 6 rings (SSSR count). The second-order valence-corrected chi connectivity index (χ2v) is 8.78. The molecule has 0 radical (unpaired) electrons. The Kier molecular flexibility index (Phi) is 5.12. The van der Waals surface area contributed by atoms with Gasteiger partial charge in [-0.25, -0.2) is 0 Å². The van der Waals surface area contributed by atoms with Crippen LogP contribution >= 0.6 is 0 Å². The van der Waals surface area contributed by atoms with Crippen LogP contribution in [0.2, 0.25) is 0 Å². The molecule has 0 saturated carbocycles. The van der Waals surface area contributed by atoms with Gasteiger partial charge in [-0.3, -0.25) is 0 Å². The molecule has 6 aromatic carbocycles. The largest absolute Gasteiger partial charge is 0.356 e. The highest BCUT2D eigenvalue weighted by Gasteiger charge is 2.16. The van der Waals surface area contributed by atoms with E-state index in [0.717, 1.165) is 11.4 Å². The molecule has 6 aromatic rings. The molecule has 0 spiro atoms. The third-order valence-electron chi connectivity index (χ3n) is 6.51. The van der Waals surface area contributed by atoms with E-state index in [4.69, 9.17) is 0 Å². The van der Waals surface area contributed by atoms with Crippen molar-refractivity contribution in [1.82, 2.24) is 0 Å². The number of nitrogens with one attached hydrogen (secondary N) is 1. The minimum absolute atomic E-state index is 1.09. The van der Waals surface area contributed by atoms with Gasteiger partial charge in [0.2, 0.25) is 0 Å². The van der Waals surface area contributed by atoms with Crippen LogP contribution in [0.15, 0.2) is 127 Å². The summed E-state index contributed by atoms with van der Waals surface area (Å²) >= 11 is 0. The molecule has 0 fully saturated rings. The first-order chi connectivity index (χ1) is 16.8. The summed E-state index contributed by atoms with van der Waals surface area (Å²) < 4.78 is 0. The lowest BCUT2D eigenvalue weighted by atomic mass is 9.86. The Balaban J connectivity index is 1.53. The summed E-state index contributed by atoms with van der Waals surface area (Å²) in [5.41, 5.74) is 8.50. The molecule has 0 bridgehead atoms. The molecule has 0 aliphatic carbocycles. The minimum atomic E-state index is 1.09. The smallest absolute Gasteiger partial charge is 0.139 e. The van der Waals surface area contributed by atoms with E-state index in [9.17, 15) is 0 Å². The first-order valence-electron chi connectivity index (χ1n) is 11.7. The van der Waals surface area contributed by atoms with Crippen LogP contribution in [-0.4, -0.2) is 7.85 Å². The third-order valence-corrected chi connectivity index (χ3v) is 6.51. The summed E-state index contributed by atoms with van der Waals surface area (Å²) in [5, 5.41) is 8.63. The molecule has 0 aromatic heterocycles. The van der Waals surface area contributed by atoms with E-state index in [1.54, 1.807) is 0 Å². The van der Waals surface area contributed by atoms with Gasteiger partial charge >= 0.3 is 0 Å². The number of rotatable bonds is 4. The zero-order chi connectivity index (χ0) is 22.9. The van der Waals surface area contributed by atoms with Crippen LogP contribution in [-0.2, 0) is 0 Å². The van der Waals surface area contributed by atoms with E-state index in [1.165, 1.54) is 49.3 Å². The van der Waals surface area contributed by atoms with Gasteiger partial charge in [0, 0.05) is 11.4 Å². The fraction of sp³-hybridized carbons (Fsp3) is 0. The lowest BCUT2D eigenvalue weighted by molar-refractivity contribution is 1.56. The van der Waals surface area contributed by atoms with Crippen molar-refractivity contribution in [3.63, 3.8) is 0 Å². The molecule has 0 aliphatic rings. The van der Waals surface area contributed by atoms with Gasteiger partial charge in [0.25, 0.3) is 0 Å². The summed E-state index contributed by atoms with van der Waals surface area (Å²) in [6.45, 7) is 0. The Labute approximate surface area is 201 Å². The quantitative estimate of drug-likeness (QED) is 0.227. The van der Waals surface area contributed by atoms with Crippen molar-refractivity contribution >= 4 is 46.2 Å². The van der Waals surface area contributed by atoms with Crippen LogP contribution in [0.25, 0.3) is 43.8 Å². The molecule has 0 amide bonds. The van der Waals surface area contributed by atoms with Crippen LogP contribution < -0.4 is 10.8 Å². The van der Waals surface area contributed by atoms with E-state index in [0.29, 0.717) is 0 Å². The first kappa shape index (κ1) is 20.3. The van der Waals surface area contributed by atoms with E-state index < -0.39 is 0 Å². The van der Waals surface area contributed by atoms with Crippen LogP contribution in [0.4, 0.5) is 11.4 Å². The van der Waals surface area contributed by atoms with Crippen LogP contribution in [0.3, 0.4) is 0 Å². The fourth-order valence-electron chi connectivity index (χ4n) is 4.88. The van der Waals surface area contributed by atoms with Crippen LogP contribution in [0, 0.1) is 0 Å². The fourth-order valence-corrected chi connectivity index (χ4v) is 4.88. The molecule has 34 heavy (non-hydrogen) atoms. The van der Waals surface area contributed by atoms with Gasteiger partial charge in [-0.1, -0.05) is 109 Å². The Bertz CT molecular complexity index is 1540. The predicted molar refractivity (Wildman–Crippen MR) is 150 cm³/mol. The number of fused-ring (bicyclic) bond motifs is 2. The van der Waals surface area contributed by atoms with Crippen molar-refractivity contribution in [2.75, 3.05) is 5.32 Å². The summed E-state index contributed by atoms with van der Waals surface area (Å²) in [6.07, 6.45) is 0. The number of hydrogen-bond donors (Lipinski definition) is 1. The molecule has 2 heteroatoms. The Morgan fingerprint density at radius 1 is 0.382 bits per heavy atom. The monoisotopic (exact) mass is 433 g/mol. The molecule has 1 nitrogen and oxygen atoms in total. The highest BCUT2D eigenvalue weighted by atomic mass is 14.9. The molecule has 0 saturated heterocycles. The van der Waals surface area contributed by atoms with Crippen molar-refractivity contribution in [2.24, 2.45) is 0 Å². The Hall–Kier alpha value is -4.30. The summed E-state index contributed by atoms with van der Waals surface area (Å²) in [5.74, 6) is 0. The van der Waals surface area contributed by atoms with Gasteiger partial charge in [-0.15, -0.1) is 0 Å². The van der Waals surface area contributed by atoms with E-state index in [2.05, 4.69) is 141 Å². The molecule has 0 heterocycles. The average molecular weight is 433 g/mol. The number of benzene rings is 6. The van der Waals surface area contributed by atoms with Gasteiger partial charge in [-0.05, 0) is 68.1 Å². The molecular formula is C32H24BN. The van der Waals surface area contributed by atoms with Crippen LogP contribution in [0.1, 0.15) is 0 Å². The Morgan fingerprint density at radius 3 is 1.24 bits per heavy atom. The number of hydrogen-bond acceptors (Lipinski definition) is 1. The van der Waals surface area contributed by atoms with E-state index >= 15 is 0 Å². The number of anilines is 2. The van der Waals surface area contributed by atoms with E-state index in [1.807, 2.05) is 0 Å². The van der Waals surface area contributed by atoms with Crippen molar-refractivity contribution in [1.29, 1.82) is 0 Å². The predicted octanol–water partition coefficient (Wildman–Crippen LogP) is 7.33. The van der Waals surface area contributed by atoms with Gasteiger partial charge < -0.3 is 5.32 Å². The van der Waals surface area contributed by atoms with Crippen molar-refractivity contribution in [3.05, 3.63) is 127 Å². The summed E-state index contributed by atoms with van der Waals surface area (Å²) in [4.78, 5) is 0. The minimum Gasteiger partial charge on any atom is -0.356 e. The molecule has 1 N–H and O–H groups in total. The molecule has 0 unspecified atom stereocenters. The van der Waals surface area contributed by atoms with Gasteiger partial charge in [0.15, 0.2) is 0 Å². The standard InChI is InChI=1S/C32H24BN/c33-24-16-20-26(21-17-24)34-25-18-14-23(15-19-25)32-29-12-6-4-10-27(29)31(22-8-2-1-3-9-22)28-11-5-7-13-30(28)32/h1-21,34H,33H2. The maximum absolute atomic E-state index is 3.51. The van der Waals surface area contributed by atoms with Crippen molar-refractivity contribution < 1.29 is 0 Å². The molecule has 0 atom stereocenters. The third kappa shape index (κ3) is 3.64. The van der Waals surface area contributed by atoms with Crippen molar-refractivity contribution in [3.8, 4) is 22.3 Å². The molecule has 160 valence electrons. The first-order valence-corrected chi connectivity index (χ1v) is 11.7. The summed E-state index contributed by atoms with van der Waals surface area (Å²) in [6, 6.07) is 45.6. The highest BCUT2D eigenvalue weighted by molar-refractivity contribution is 6.32. The SMILES string of the molecule is Bc1ccc(Nc2ccc(-c3c4ccccc4c(-c4ccccc4)c4ccccc34)cc2)cc1. The topological polar surface area (TPSA) is 12.0 Å². The zero-order valence-electron chi connectivity index (χ0n) is 19.1. The molecule has 0 aliphatic heterocycles. The van der Waals surface area contributed by atoms with Gasteiger partial charge in [0.05, 0.1) is 0 Å². The van der Waals surface area contributed by atoms with Crippen molar-refractivity contribution in [2.45, 2.75) is 0 Å². The second-order valence-electron chi connectivity index (χ2n) is 8.78. The lowest BCUT2D eigenvalue weighted by Crippen LogP contribution is -2.00. The summed E-state index contributed by atoms with van der Waals surface area (Å²) in [7, 11) is 2.11. The van der Waals surface area contributed by atoms with Gasteiger partial charge in [0.1, 0.15) is 7.85 Å². The average Bonchev–Trinajstić information content (AvgIpc) is 2.89. The van der Waals surface area contributed by atoms with Crippen LogP contribution in [0.5, 0.6) is 0 Å². The highest BCUT2D eigenvalue weighted by Crippen LogP contribution is 2.43. The molecular weight excluding hydrogens is 409 g/mol. The zero-order valence-corrected chi connectivity index (χ0v) is 19.1. The maximum atomic E-state index is 3.51. The second kappa shape index (κ2) is 8.57.